The molecule has 0 bridgehead atoms. The molecule has 0 unspecified atom stereocenters. The lowest BCUT2D eigenvalue weighted by molar-refractivity contribution is 0.388. The second kappa shape index (κ2) is 4.55. The van der Waals surface area contributed by atoms with Crippen molar-refractivity contribution in [3.8, 4) is 11.6 Å². The van der Waals surface area contributed by atoms with Gasteiger partial charge in [0.2, 0.25) is 0 Å². The fourth-order valence-electron chi connectivity index (χ4n) is 1.37. The molecule has 1 heterocycles. The predicted molar refractivity (Wildman–Crippen MR) is 61.4 cm³/mol. The molecule has 6 heteroatoms. The summed E-state index contributed by atoms with van der Waals surface area (Å²) in [5.41, 5.74) is 0.0137. The Morgan fingerprint density at radius 1 is 1.47 bits per heavy atom. The molecule has 0 aliphatic carbocycles. The molecular weight excluding hydrogens is 247 g/mol. The zero-order valence-corrected chi connectivity index (χ0v) is 9.61. The summed E-state index contributed by atoms with van der Waals surface area (Å²) in [6, 6.07) is 4.00. The van der Waals surface area contributed by atoms with Crippen molar-refractivity contribution < 1.29 is 9.13 Å². The molecule has 2 rings (SSSR count). The maximum Gasteiger partial charge on any atom is 0.317 e. The second-order valence-electron chi connectivity index (χ2n) is 3.21. The van der Waals surface area contributed by atoms with Gasteiger partial charge in [0.25, 0.3) is 5.88 Å². The molecule has 88 valence electrons. The fraction of sp³-hybridized carbons (Fsp3) is 0.0909. The number of hydrogen-bond donors (Lipinski definition) is 0. The number of methoxy groups -OCH3 is 1. The highest BCUT2D eigenvalue weighted by Gasteiger charge is 2.08. The van der Waals surface area contributed by atoms with Crippen LogP contribution < -0.4 is 10.3 Å². The van der Waals surface area contributed by atoms with E-state index in [4.69, 9.17) is 16.3 Å². The molecule has 0 fully saturated rings. The maximum atomic E-state index is 13.0. The van der Waals surface area contributed by atoms with Gasteiger partial charge in [-0.05, 0) is 18.2 Å². The molecule has 1 aromatic carbocycles. The summed E-state index contributed by atoms with van der Waals surface area (Å²) in [4.78, 5) is 15.6. The van der Waals surface area contributed by atoms with E-state index in [1.165, 1.54) is 42.3 Å². The highest BCUT2D eigenvalue weighted by Crippen LogP contribution is 2.18. The molecule has 0 spiro atoms. The van der Waals surface area contributed by atoms with Crippen molar-refractivity contribution in [2.24, 2.45) is 0 Å². The minimum Gasteiger partial charge on any atom is -0.477 e. The largest absolute Gasteiger partial charge is 0.477 e. The Morgan fingerprint density at radius 2 is 2.24 bits per heavy atom. The molecule has 17 heavy (non-hydrogen) atoms. The van der Waals surface area contributed by atoms with E-state index in [9.17, 15) is 9.18 Å². The van der Waals surface area contributed by atoms with Crippen LogP contribution in [0.2, 0.25) is 5.02 Å². The zero-order valence-electron chi connectivity index (χ0n) is 8.85. The van der Waals surface area contributed by atoms with Crippen LogP contribution in [0.25, 0.3) is 5.69 Å². The van der Waals surface area contributed by atoms with Crippen molar-refractivity contribution in [2.45, 2.75) is 0 Å². The van der Waals surface area contributed by atoms with Crippen LogP contribution in [0.5, 0.6) is 5.88 Å². The Morgan fingerprint density at radius 3 is 2.88 bits per heavy atom. The lowest BCUT2D eigenvalue weighted by atomic mass is 10.3. The van der Waals surface area contributed by atoms with Gasteiger partial charge in [0.1, 0.15) is 5.82 Å². The highest BCUT2D eigenvalue weighted by atomic mass is 35.5. The third-order valence-electron chi connectivity index (χ3n) is 2.18. The number of ether oxygens (including phenoxy) is 1. The number of benzene rings is 1. The van der Waals surface area contributed by atoms with E-state index < -0.39 is 11.4 Å². The Bertz CT molecular complexity index is 613. The van der Waals surface area contributed by atoms with Gasteiger partial charge in [0, 0.05) is 12.4 Å². The minimum atomic E-state index is -0.538. The van der Waals surface area contributed by atoms with Crippen LogP contribution in [0.4, 0.5) is 4.39 Å². The summed E-state index contributed by atoms with van der Waals surface area (Å²) in [5.74, 6) is -0.572. The topological polar surface area (TPSA) is 44.1 Å². The van der Waals surface area contributed by atoms with Gasteiger partial charge >= 0.3 is 5.56 Å². The van der Waals surface area contributed by atoms with Crippen LogP contribution in [0.3, 0.4) is 0 Å². The lowest BCUT2D eigenvalue weighted by Gasteiger charge is -2.07. The molecule has 0 amide bonds. The van der Waals surface area contributed by atoms with E-state index in [1.807, 2.05) is 0 Å². The zero-order chi connectivity index (χ0) is 12.4. The fourth-order valence-corrected chi connectivity index (χ4v) is 1.55. The Labute approximate surface area is 101 Å². The number of hydrogen-bond acceptors (Lipinski definition) is 3. The Kier molecular flexibility index (Phi) is 3.10. The molecule has 0 aliphatic rings. The van der Waals surface area contributed by atoms with E-state index >= 15 is 0 Å². The van der Waals surface area contributed by atoms with Gasteiger partial charge < -0.3 is 4.74 Å². The molecular formula is C11H8ClFN2O2. The van der Waals surface area contributed by atoms with Gasteiger partial charge in [-0.2, -0.15) is 0 Å². The first kappa shape index (κ1) is 11.6. The number of rotatable bonds is 2. The SMILES string of the molecule is COc1nccn(-c2ccc(F)c(Cl)c2)c1=O. The summed E-state index contributed by atoms with van der Waals surface area (Å²) in [7, 11) is 1.35. The molecule has 0 N–H and O–H groups in total. The molecule has 0 radical (unpaired) electrons. The standard InChI is InChI=1S/C11H8ClFN2O2/c1-17-10-11(16)15(5-4-14-10)7-2-3-9(13)8(12)6-7/h2-6H,1H3. The van der Waals surface area contributed by atoms with Crippen molar-refractivity contribution in [1.82, 2.24) is 9.55 Å². The van der Waals surface area contributed by atoms with Gasteiger partial charge in [0.15, 0.2) is 0 Å². The van der Waals surface area contributed by atoms with Crippen molar-refractivity contribution in [3.05, 3.63) is 51.8 Å². The van der Waals surface area contributed by atoms with Crippen molar-refractivity contribution in [2.75, 3.05) is 7.11 Å². The van der Waals surface area contributed by atoms with Crippen LogP contribution >= 0.6 is 11.6 Å². The Hall–Kier alpha value is -1.88. The maximum absolute atomic E-state index is 13.0. The number of nitrogens with zero attached hydrogens (tertiary/aromatic N) is 2. The monoisotopic (exact) mass is 254 g/mol. The smallest absolute Gasteiger partial charge is 0.317 e. The highest BCUT2D eigenvalue weighted by molar-refractivity contribution is 6.30. The summed E-state index contributed by atoms with van der Waals surface area (Å²) in [6.07, 6.45) is 2.87. The first-order chi connectivity index (χ1) is 8.13. The molecule has 2 aromatic rings. The summed E-state index contributed by atoms with van der Waals surface area (Å²) >= 11 is 5.65. The van der Waals surface area contributed by atoms with Crippen LogP contribution in [0, 0.1) is 5.82 Å². The normalized spacial score (nSPS) is 10.3. The molecule has 0 aliphatic heterocycles. The molecule has 0 saturated carbocycles. The van der Waals surface area contributed by atoms with Gasteiger partial charge in [-0.3, -0.25) is 9.36 Å². The van der Waals surface area contributed by atoms with Gasteiger partial charge in [-0.1, -0.05) is 11.6 Å². The van der Waals surface area contributed by atoms with E-state index in [2.05, 4.69) is 4.98 Å². The molecule has 0 atom stereocenters. The van der Waals surface area contributed by atoms with E-state index in [1.54, 1.807) is 0 Å². The Balaban J connectivity index is 2.61. The van der Waals surface area contributed by atoms with E-state index in [0.717, 1.165) is 0 Å². The van der Waals surface area contributed by atoms with Crippen LogP contribution in [0.15, 0.2) is 35.4 Å². The third-order valence-corrected chi connectivity index (χ3v) is 2.47. The van der Waals surface area contributed by atoms with Crippen LogP contribution in [-0.4, -0.2) is 16.7 Å². The first-order valence-electron chi connectivity index (χ1n) is 4.70. The first-order valence-corrected chi connectivity index (χ1v) is 5.08. The quantitative estimate of drug-likeness (QED) is 0.824. The van der Waals surface area contributed by atoms with Gasteiger partial charge in [-0.25, -0.2) is 9.37 Å². The van der Waals surface area contributed by atoms with E-state index in [-0.39, 0.29) is 10.9 Å². The van der Waals surface area contributed by atoms with Crippen molar-refractivity contribution >= 4 is 11.6 Å². The second-order valence-corrected chi connectivity index (χ2v) is 3.62. The summed E-state index contributed by atoms with van der Waals surface area (Å²) < 4.78 is 19.1. The third kappa shape index (κ3) is 2.14. The summed E-state index contributed by atoms with van der Waals surface area (Å²) in [5, 5.41) is -0.0508. The average molecular weight is 255 g/mol. The van der Waals surface area contributed by atoms with Crippen LogP contribution in [0.1, 0.15) is 0 Å². The lowest BCUT2D eigenvalue weighted by Crippen LogP contribution is -2.20. The number of aromatic nitrogens is 2. The van der Waals surface area contributed by atoms with Crippen LogP contribution in [-0.2, 0) is 0 Å². The molecule has 1 aromatic heterocycles. The average Bonchev–Trinajstić information content (AvgIpc) is 2.33. The number of halogens is 2. The summed E-state index contributed by atoms with van der Waals surface area (Å²) in [6.45, 7) is 0. The molecule has 4 nitrogen and oxygen atoms in total. The van der Waals surface area contributed by atoms with E-state index in [0.29, 0.717) is 5.69 Å². The van der Waals surface area contributed by atoms with Crippen molar-refractivity contribution in [1.29, 1.82) is 0 Å². The van der Waals surface area contributed by atoms with Gasteiger partial charge in [0.05, 0.1) is 17.8 Å². The van der Waals surface area contributed by atoms with Gasteiger partial charge in [-0.15, -0.1) is 0 Å². The van der Waals surface area contributed by atoms with Crippen molar-refractivity contribution in [3.63, 3.8) is 0 Å². The predicted octanol–water partition coefficient (Wildman–Crippen LogP) is 2.03. The molecule has 0 saturated heterocycles. The minimum absolute atomic E-state index is 0.0343.